The number of aromatic nitrogens is 2. The van der Waals surface area contributed by atoms with Crippen LogP contribution in [0.15, 0.2) is 51.2 Å². The molecule has 0 saturated carbocycles. The van der Waals surface area contributed by atoms with Crippen LogP contribution in [-0.4, -0.2) is 16.0 Å². The first-order chi connectivity index (χ1) is 14.0. The van der Waals surface area contributed by atoms with Crippen molar-refractivity contribution in [3.8, 4) is 10.6 Å². The molecule has 148 valence electrons. The number of nitrogens with zero attached hydrogens (tertiary/aromatic N) is 2. The normalized spacial score (nSPS) is 11.0. The Morgan fingerprint density at radius 1 is 1.17 bits per heavy atom. The number of anilines is 1. The highest BCUT2D eigenvalue weighted by atomic mass is 32.2. The number of aryl methyl sites for hydroxylation is 3. The Kier molecular flexibility index (Phi) is 5.84. The third kappa shape index (κ3) is 4.44. The summed E-state index contributed by atoms with van der Waals surface area (Å²) in [5, 5.41) is 9.51. The monoisotopic (exact) mass is 441 g/mol. The molecule has 5 nitrogen and oxygen atoms in total. The van der Waals surface area contributed by atoms with Crippen molar-refractivity contribution in [2.75, 3.05) is 5.32 Å². The molecule has 3 heterocycles. The number of nitrogens with one attached hydrogen (secondary N) is 1. The Balaban J connectivity index is 1.49. The Bertz CT molecular complexity index is 1140. The minimum absolute atomic E-state index is 0.157. The molecule has 1 N–H and O–H groups in total. The first-order valence-corrected chi connectivity index (χ1v) is 11.7. The number of rotatable bonds is 6. The fraction of sp³-hybridized carbons (Fsp3) is 0.190. The van der Waals surface area contributed by atoms with Gasteiger partial charge in [-0.15, -0.1) is 34.4 Å². The molecule has 0 aliphatic heterocycles. The van der Waals surface area contributed by atoms with Gasteiger partial charge in [0.2, 0.25) is 0 Å². The number of carbonyl (C=O) groups is 1. The van der Waals surface area contributed by atoms with E-state index in [1.165, 1.54) is 16.2 Å². The van der Waals surface area contributed by atoms with E-state index in [1.807, 2.05) is 43.5 Å². The Morgan fingerprint density at radius 3 is 2.72 bits per heavy atom. The third-order valence-corrected chi connectivity index (χ3v) is 7.28. The highest BCUT2D eigenvalue weighted by molar-refractivity contribution is 7.98. The zero-order valence-corrected chi connectivity index (χ0v) is 18.6. The van der Waals surface area contributed by atoms with Gasteiger partial charge in [0, 0.05) is 26.5 Å². The van der Waals surface area contributed by atoms with E-state index in [9.17, 15) is 4.79 Å². The molecular weight excluding hydrogens is 422 g/mol. The van der Waals surface area contributed by atoms with Crippen molar-refractivity contribution < 1.29 is 9.32 Å². The van der Waals surface area contributed by atoms with Crippen LogP contribution in [0.4, 0.5) is 5.13 Å². The summed E-state index contributed by atoms with van der Waals surface area (Å²) in [6, 6.07) is 11.7. The van der Waals surface area contributed by atoms with E-state index in [2.05, 4.69) is 34.5 Å². The molecule has 0 bridgehead atoms. The molecule has 29 heavy (non-hydrogen) atoms. The molecule has 0 unspecified atom stereocenters. The smallest absolute Gasteiger partial charge is 0.258 e. The van der Waals surface area contributed by atoms with Gasteiger partial charge in [-0.05, 0) is 45.0 Å². The summed E-state index contributed by atoms with van der Waals surface area (Å²) in [4.78, 5) is 20.7. The van der Waals surface area contributed by atoms with Gasteiger partial charge in [-0.1, -0.05) is 17.3 Å². The quantitative estimate of drug-likeness (QED) is 0.354. The minimum atomic E-state index is -0.157. The van der Waals surface area contributed by atoms with Gasteiger partial charge in [0.25, 0.3) is 5.91 Å². The van der Waals surface area contributed by atoms with Crippen LogP contribution in [0.3, 0.4) is 0 Å². The van der Waals surface area contributed by atoms with Gasteiger partial charge in [0.15, 0.2) is 5.13 Å². The molecule has 0 radical (unpaired) electrons. The SMILES string of the molecule is Cc1ccc(-c2csc(NC(=O)c3ccccc3SCc3c(C)noc3C)n2)s1. The van der Waals surface area contributed by atoms with Gasteiger partial charge in [-0.25, -0.2) is 4.98 Å². The molecule has 3 aromatic heterocycles. The summed E-state index contributed by atoms with van der Waals surface area (Å²) in [7, 11) is 0. The van der Waals surface area contributed by atoms with Crippen molar-refractivity contribution in [2.45, 2.75) is 31.4 Å². The second-order valence-corrected chi connectivity index (χ2v) is 9.65. The van der Waals surface area contributed by atoms with E-state index in [4.69, 9.17) is 4.52 Å². The second kappa shape index (κ2) is 8.52. The van der Waals surface area contributed by atoms with E-state index in [-0.39, 0.29) is 5.91 Å². The summed E-state index contributed by atoms with van der Waals surface area (Å²) < 4.78 is 5.23. The number of thiophene rings is 1. The first kappa shape index (κ1) is 19.9. The molecule has 0 aliphatic carbocycles. The second-order valence-electron chi connectivity index (χ2n) is 6.49. The van der Waals surface area contributed by atoms with Crippen LogP contribution in [0.2, 0.25) is 0 Å². The number of thiazole rings is 1. The molecule has 8 heteroatoms. The molecular formula is C21H19N3O2S3. The van der Waals surface area contributed by atoms with Gasteiger partial charge >= 0.3 is 0 Å². The van der Waals surface area contributed by atoms with Crippen LogP contribution in [0.5, 0.6) is 0 Å². The molecule has 4 rings (SSSR count). The minimum Gasteiger partial charge on any atom is -0.361 e. The van der Waals surface area contributed by atoms with Gasteiger partial charge in [0.1, 0.15) is 5.76 Å². The Hall–Kier alpha value is -2.42. The maximum Gasteiger partial charge on any atom is 0.258 e. The van der Waals surface area contributed by atoms with Crippen LogP contribution >= 0.6 is 34.4 Å². The van der Waals surface area contributed by atoms with Gasteiger partial charge < -0.3 is 4.52 Å². The van der Waals surface area contributed by atoms with Crippen LogP contribution in [0.25, 0.3) is 10.6 Å². The van der Waals surface area contributed by atoms with Crippen molar-refractivity contribution >= 4 is 45.5 Å². The highest BCUT2D eigenvalue weighted by Crippen LogP contribution is 2.32. The average Bonchev–Trinajstić information content (AvgIpc) is 3.42. The summed E-state index contributed by atoms with van der Waals surface area (Å²) in [6.45, 7) is 5.91. The molecule has 1 amide bonds. The number of thioether (sulfide) groups is 1. The number of amides is 1. The number of carbonyl (C=O) groups excluding carboxylic acids is 1. The Labute approximate surface area is 181 Å². The first-order valence-electron chi connectivity index (χ1n) is 8.98. The predicted molar refractivity (Wildman–Crippen MR) is 120 cm³/mol. The average molecular weight is 442 g/mol. The summed E-state index contributed by atoms with van der Waals surface area (Å²) in [5.74, 6) is 1.36. The van der Waals surface area contributed by atoms with Gasteiger partial charge in [0.05, 0.1) is 21.8 Å². The predicted octanol–water partition coefficient (Wildman–Crippen LogP) is 6.33. The largest absolute Gasteiger partial charge is 0.361 e. The van der Waals surface area contributed by atoms with E-state index in [0.717, 1.165) is 32.5 Å². The zero-order valence-electron chi connectivity index (χ0n) is 16.2. The molecule has 0 atom stereocenters. The standard InChI is InChI=1S/C21H19N3O2S3/c1-12-8-9-19(29-12)17-11-28-21(22-17)23-20(25)15-6-4-5-7-18(15)27-10-16-13(2)24-26-14(16)3/h4-9,11H,10H2,1-3H3,(H,22,23,25). The lowest BCUT2D eigenvalue weighted by Gasteiger charge is -2.08. The number of hydrogen-bond donors (Lipinski definition) is 1. The van der Waals surface area contributed by atoms with Crippen molar-refractivity contribution in [2.24, 2.45) is 0 Å². The van der Waals surface area contributed by atoms with Crippen LogP contribution in [0.1, 0.15) is 32.3 Å². The molecule has 1 aromatic carbocycles. The topological polar surface area (TPSA) is 68.0 Å². The van der Waals surface area contributed by atoms with Crippen molar-refractivity contribution in [1.82, 2.24) is 10.1 Å². The lowest BCUT2D eigenvalue weighted by Crippen LogP contribution is -2.12. The van der Waals surface area contributed by atoms with E-state index >= 15 is 0 Å². The molecule has 0 saturated heterocycles. The fourth-order valence-corrected chi connectivity index (χ4v) is 5.63. The maximum atomic E-state index is 12.9. The van der Waals surface area contributed by atoms with Crippen LogP contribution in [0, 0.1) is 20.8 Å². The van der Waals surface area contributed by atoms with E-state index in [0.29, 0.717) is 16.4 Å². The lowest BCUT2D eigenvalue weighted by atomic mass is 10.2. The zero-order chi connectivity index (χ0) is 20.4. The lowest BCUT2D eigenvalue weighted by molar-refractivity contribution is 0.102. The van der Waals surface area contributed by atoms with E-state index in [1.54, 1.807) is 23.1 Å². The van der Waals surface area contributed by atoms with Crippen molar-refractivity contribution in [3.63, 3.8) is 0 Å². The molecule has 0 aliphatic rings. The number of benzene rings is 1. The summed E-state index contributed by atoms with van der Waals surface area (Å²) in [6.07, 6.45) is 0. The van der Waals surface area contributed by atoms with Crippen LogP contribution in [-0.2, 0) is 5.75 Å². The Morgan fingerprint density at radius 2 is 2.00 bits per heavy atom. The molecule has 4 aromatic rings. The third-order valence-electron chi connectivity index (χ3n) is 4.40. The summed E-state index contributed by atoms with van der Waals surface area (Å²) >= 11 is 4.73. The number of hydrogen-bond acceptors (Lipinski definition) is 7. The van der Waals surface area contributed by atoms with Crippen molar-refractivity contribution in [1.29, 1.82) is 0 Å². The van der Waals surface area contributed by atoms with Crippen molar-refractivity contribution in [3.05, 3.63) is 69.2 Å². The highest BCUT2D eigenvalue weighted by Gasteiger charge is 2.16. The van der Waals surface area contributed by atoms with Crippen LogP contribution < -0.4 is 5.32 Å². The van der Waals surface area contributed by atoms with E-state index < -0.39 is 0 Å². The van der Waals surface area contributed by atoms with Gasteiger partial charge in [-0.2, -0.15) is 0 Å². The molecule has 0 fully saturated rings. The molecule has 0 spiro atoms. The fourth-order valence-electron chi connectivity index (χ4n) is 2.82. The van der Waals surface area contributed by atoms with Gasteiger partial charge in [-0.3, -0.25) is 10.1 Å². The maximum absolute atomic E-state index is 12.9. The summed E-state index contributed by atoms with van der Waals surface area (Å²) in [5.41, 5.74) is 3.48.